The summed E-state index contributed by atoms with van der Waals surface area (Å²) in [7, 11) is 0. The monoisotopic (exact) mass is 230 g/mol. The molecule has 84 valence electrons. The molecule has 1 N–H and O–H groups in total. The smallest absolute Gasteiger partial charge is 0.416 e. The van der Waals surface area contributed by atoms with E-state index in [1.807, 2.05) is 0 Å². The third-order valence-electron chi connectivity index (χ3n) is 2.11. The van der Waals surface area contributed by atoms with Crippen LogP contribution in [0.4, 0.5) is 24.5 Å². The summed E-state index contributed by atoms with van der Waals surface area (Å²) in [5.74, 6) is -0.827. The highest BCUT2D eigenvalue weighted by Crippen LogP contribution is 2.34. The largest absolute Gasteiger partial charge is 0.621 e. The molecule has 0 aliphatic carbocycles. The summed E-state index contributed by atoms with van der Waals surface area (Å²) in [6.07, 6.45) is -3.76. The highest BCUT2D eigenvalue weighted by Gasteiger charge is 2.32. The minimum Gasteiger partial charge on any atom is -0.621 e. The van der Waals surface area contributed by atoms with Gasteiger partial charge in [0, 0.05) is 6.07 Å². The molecule has 0 aromatic heterocycles. The van der Waals surface area contributed by atoms with Crippen molar-refractivity contribution in [3.8, 4) is 0 Å². The van der Waals surface area contributed by atoms with Crippen molar-refractivity contribution in [3.63, 3.8) is 0 Å². The van der Waals surface area contributed by atoms with Crippen molar-refractivity contribution in [2.45, 2.75) is 6.18 Å². The van der Waals surface area contributed by atoms with Gasteiger partial charge in [0.15, 0.2) is 5.69 Å². The van der Waals surface area contributed by atoms with Crippen molar-refractivity contribution < 1.29 is 23.0 Å². The summed E-state index contributed by atoms with van der Waals surface area (Å²) >= 11 is 0. The minimum absolute atomic E-state index is 0.0968. The average molecular weight is 230 g/mol. The van der Waals surface area contributed by atoms with Gasteiger partial charge in [-0.25, -0.2) is 9.79 Å². The van der Waals surface area contributed by atoms with E-state index in [0.717, 1.165) is 24.4 Å². The number of fused-ring (bicyclic) bond motifs is 1. The van der Waals surface area contributed by atoms with Gasteiger partial charge in [-0.15, -0.1) is 0 Å². The maximum absolute atomic E-state index is 12.3. The van der Waals surface area contributed by atoms with Crippen LogP contribution in [0.2, 0.25) is 0 Å². The van der Waals surface area contributed by atoms with Crippen LogP contribution in [-0.2, 0) is 11.0 Å². The molecule has 4 nitrogen and oxygen atoms in total. The summed E-state index contributed by atoms with van der Waals surface area (Å²) in [6, 6.07) is 2.47. The van der Waals surface area contributed by atoms with E-state index in [9.17, 15) is 23.2 Å². The van der Waals surface area contributed by atoms with Crippen LogP contribution >= 0.6 is 0 Å². The molecule has 0 saturated carbocycles. The second-order valence-electron chi connectivity index (χ2n) is 3.18. The molecular weight excluding hydrogens is 225 g/mol. The fourth-order valence-corrected chi connectivity index (χ4v) is 1.33. The summed E-state index contributed by atoms with van der Waals surface area (Å²) in [5.41, 5.74) is -1.12. The van der Waals surface area contributed by atoms with Gasteiger partial charge < -0.3 is 5.21 Å². The second kappa shape index (κ2) is 3.39. The number of hydroxylamine groups is 1. The molecule has 1 aromatic carbocycles. The maximum Gasteiger partial charge on any atom is 0.416 e. The summed E-state index contributed by atoms with van der Waals surface area (Å²) < 4.78 is 37.0. The molecule has 1 aliphatic heterocycles. The van der Waals surface area contributed by atoms with Gasteiger partial charge in [-0.2, -0.15) is 13.2 Å². The van der Waals surface area contributed by atoms with E-state index in [0.29, 0.717) is 0 Å². The van der Waals surface area contributed by atoms with Crippen molar-refractivity contribution in [1.29, 1.82) is 0 Å². The van der Waals surface area contributed by atoms with Crippen molar-refractivity contribution in [1.82, 2.24) is 0 Å². The van der Waals surface area contributed by atoms with E-state index in [1.165, 1.54) is 0 Å². The van der Waals surface area contributed by atoms with Crippen LogP contribution in [0.5, 0.6) is 0 Å². The van der Waals surface area contributed by atoms with Crippen molar-refractivity contribution in [2.75, 3.05) is 0 Å². The number of amides is 1. The van der Waals surface area contributed by atoms with Gasteiger partial charge in [0.2, 0.25) is 0 Å². The summed E-state index contributed by atoms with van der Waals surface area (Å²) in [4.78, 5) is 14.4. The molecule has 0 fully saturated rings. The van der Waals surface area contributed by atoms with Crippen molar-refractivity contribution in [2.24, 2.45) is 4.99 Å². The Morgan fingerprint density at radius 3 is 2.62 bits per heavy atom. The van der Waals surface area contributed by atoms with Crippen LogP contribution in [0.25, 0.3) is 0 Å². The molecule has 1 amide bonds. The van der Waals surface area contributed by atoms with E-state index in [4.69, 9.17) is 0 Å². The van der Waals surface area contributed by atoms with Crippen LogP contribution in [0.15, 0.2) is 23.2 Å². The van der Waals surface area contributed by atoms with Gasteiger partial charge in [-0.1, -0.05) is 0 Å². The molecule has 1 atom stereocenters. The molecule has 0 bridgehead atoms. The number of carbonyl (C=O) groups excluding carboxylic acids is 1. The van der Waals surface area contributed by atoms with E-state index >= 15 is 0 Å². The predicted molar refractivity (Wildman–Crippen MR) is 48.6 cm³/mol. The molecule has 0 saturated heterocycles. The van der Waals surface area contributed by atoms with Crippen LogP contribution in [0.3, 0.4) is 0 Å². The molecule has 1 aromatic rings. The standard InChI is InChI=1S/C9H5F3N2O2/c10-9(11,12)5-1-2-7-6(3-5)13-4-8(15)14(7)16/h1-4,14H. The molecule has 1 heterocycles. The quantitative estimate of drug-likeness (QED) is 0.675. The van der Waals surface area contributed by atoms with Crippen LogP contribution in [-0.4, -0.2) is 12.1 Å². The normalized spacial score (nSPS) is 19.8. The molecule has 7 heteroatoms. The van der Waals surface area contributed by atoms with E-state index < -0.39 is 22.7 Å². The molecule has 0 radical (unpaired) electrons. The number of aliphatic imine (C=N–C) groups is 1. The van der Waals surface area contributed by atoms with Gasteiger partial charge in [0.1, 0.15) is 11.9 Å². The minimum atomic E-state index is -4.49. The Kier molecular flexibility index (Phi) is 2.28. The number of halogens is 3. The zero-order valence-electron chi connectivity index (χ0n) is 7.71. The number of nitrogens with one attached hydrogen (secondary N) is 1. The Bertz CT molecular complexity index is 482. The average Bonchev–Trinajstić information content (AvgIpc) is 2.22. The fourth-order valence-electron chi connectivity index (χ4n) is 1.33. The molecule has 0 spiro atoms. The Hall–Kier alpha value is -1.73. The number of nitrogens with zero attached hydrogens (tertiary/aromatic N) is 1. The Morgan fingerprint density at radius 1 is 1.31 bits per heavy atom. The highest BCUT2D eigenvalue weighted by molar-refractivity contribution is 6.24. The topological polar surface area (TPSA) is 56.9 Å². The van der Waals surface area contributed by atoms with Crippen LogP contribution in [0, 0.1) is 5.21 Å². The first-order valence-corrected chi connectivity index (χ1v) is 4.23. The number of alkyl halides is 3. The summed E-state index contributed by atoms with van der Waals surface area (Å²) in [5, 5.41) is 10.4. The third kappa shape index (κ3) is 1.70. The van der Waals surface area contributed by atoms with Gasteiger partial charge in [-0.3, -0.25) is 5.06 Å². The zero-order chi connectivity index (χ0) is 11.9. The lowest BCUT2D eigenvalue weighted by molar-refractivity contribution is -0.683. The molecule has 2 rings (SSSR count). The lowest BCUT2D eigenvalue weighted by Crippen LogP contribution is -3.06. The van der Waals surface area contributed by atoms with Gasteiger partial charge in [0.05, 0.1) is 5.56 Å². The number of hydrogen-bond acceptors (Lipinski definition) is 3. The van der Waals surface area contributed by atoms with E-state index in [-0.39, 0.29) is 11.4 Å². The molecule has 16 heavy (non-hydrogen) atoms. The Morgan fingerprint density at radius 2 is 2.00 bits per heavy atom. The van der Waals surface area contributed by atoms with Gasteiger partial charge in [-0.05, 0) is 12.1 Å². The van der Waals surface area contributed by atoms with Crippen LogP contribution in [0.1, 0.15) is 5.56 Å². The van der Waals surface area contributed by atoms with Gasteiger partial charge >= 0.3 is 12.1 Å². The summed E-state index contributed by atoms with van der Waals surface area (Å²) in [6.45, 7) is 0. The van der Waals surface area contributed by atoms with Crippen LogP contribution < -0.4 is 5.06 Å². The number of rotatable bonds is 0. The lowest BCUT2D eigenvalue weighted by atomic mass is 10.1. The molecule has 1 aliphatic rings. The first-order valence-electron chi connectivity index (χ1n) is 4.23. The number of quaternary nitrogens is 1. The SMILES string of the molecule is O=C1C=Nc2cc(C(F)(F)F)ccc2[NH+]1[O-]. The second-order valence-corrected chi connectivity index (χ2v) is 3.18. The van der Waals surface area contributed by atoms with E-state index in [2.05, 4.69) is 4.99 Å². The molecule has 1 unspecified atom stereocenters. The number of hydrogen-bond donors (Lipinski definition) is 1. The number of benzene rings is 1. The highest BCUT2D eigenvalue weighted by atomic mass is 19.4. The first-order chi connectivity index (χ1) is 7.39. The predicted octanol–water partition coefficient (Wildman–Crippen LogP) is 0.962. The molecular formula is C9H5F3N2O2. The van der Waals surface area contributed by atoms with Gasteiger partial charge in [0.25, 0.3) is 0 Å². The Balaban J connectivity index is 2.52. The number of carbonyl (C=O) groups is 1. The van der Waals surface area contributed by atoms with Crippen molar-refractivity contribution >= 4 is 23.5 Å². The van der Waals surface area contributed by atoms with Crippen molar-refractivity contribution in [3.05, 3.63) is 29.0 Å². The lowest BCUT2D eigenvalue weighted by Gasteiger charge is -2.22. The maximum atomic E-state index is 12.3. The van der Waals surface area contributed by atoms with E-state index in [1.54, 1.807) is 0 Å². The fraction of sp³-hybridized carbons (Fsp3) is 0.111. The first kappa shape index (κ1) is 10.8. The zero-order valence-corrected chi connectivity index (χ0v) is 7.71. The Labute approximate surface area is 87.6 Å². The third-order valence-corrected chi connectivity index (χ3v) is 2.11.